The number of aromatic nitrogens is 1. The van der Waals surface area contributed by atoms with Crippen molar-refractivity contribution in [2.45, 2.75) is 13.5 Å². The van der Waals surface area contributed by atoms with Crippen molar-refractivity contribution in [3.8, 4) is 6.07 Å². The quantitative estimate of drug-likeness (QED) is 0.289. The Bertz CT molecular complexity index is 1610. The van der Waals surface area contributed by atoms with Gasteiger partial charge in [-0.2, -0.15) is 5.26 Å². The van der Waals surface area contributed by atoms with E-state index in [2.05, 4.69) is 21.7 Å². The van der Waals surface area contributed by atoms with Crippen molar-refractivity contribution in [2.24, 2.45) is 0 Å². The summed E-state index contributed by atoms with van der Waals surface area (Å²) in [4.78, 5) is 56.2. The molecule has 4 aromatic rings. The molecule has 0 radical (unpaired) electrons. The predicted molar refractivity (Wildman–Crippen MR) is 152 cm³/mol. The number of pyridine rings is 1. The number of nitriles is 1. The number of ether oxygens (including phenoxy) is 1. The average molecular weight is 550 g/mol. The molecule has 2 N–H and O–H groups in total. The maximum atomic E-state index is 13.4. The summed E-state index contributed by atoms with van der Waals surface area (Å²) in [7, 11) is 0. The lowest BCUT2D eigenvalue weighted by atomic mass is 10.0. The Balaban J connectivity index is 1.57. The topological polar surface area (TPSA) is 141 Å². The Morgan fingerprint density at radius 2 is 1.76 bits per heavy atom. The highest BCUT2D eigenvalue weighted by atomic mass is 16.5. The molecule has 0 bridgehead atoms. The first-order chi connectivity index (χ1) is 19.9. The number of carbonyl (C=O) groups excluding carboxylic acids is 4. The van der Waals surface area contributed by atoms with E-state index in [0.29, 0.717) is 27.6 Å². The van der Waals surface area contributed by atoms with E-state index in [1.807, 2.05) is 0 Å². The lowest BCUT2D eigenvalue weighted by Crippen LogP contribution is -2.42. The van der Waals surface area contributed by atoms with E-state index in [9.17, 15) is 19.2 Å². The number of hydrogen-bond acceptors (Lipinski definition) is 7. The van der Waals surface area contributed by atoms with Gasteiger partial charge in [0.2, 0.25) is 5.91 Å². The molecule has 0 fully saturated rings. The number of nitrogens with zero attached hydrogens (tertiary/aromatic N) is 3. The van der Waals surface area contributed by atoms with Crippen molar-refractivity contribution in [2.75, 3.05) is 24.6 Å². The predicted octanol–water partition coefficient (Wildman–Crippen LogP) is 3.36. The molecule has 0 saturated heterocycles. The molecular weight excluding hydrogens is 522 g/mol. The minimum atomic E-state index is -0.584. The fourth-order valence-corrected chi connectivity index (χ4v) is 4.10. The van der Waals surface area contributed by atoms with Crippen molar-refractivity contribution < 1.29 is 23.9 Å². The Morgan fingerprint density at radius 1 is 0.951 bits per heavy atom. The molecule has 206 valence electrons. The Morgan fingerprint density at radius 3 is 2.46 bits per heavy atom. The summed E-state index contributed by atoms with van der Waals surface area (Å²) < 4.78 is 4.84. The molecule has 0 aliphatic carbocycles. The second kappa shape index (κ2) is 13.5. The van der Waals surface area contributed by atoms with E-state index in [1.54, 1.807) is 85.8 Å². The van der Waals surface area contributed by atoms with Crippen LogP contribution in [0.5, 0.6) is 0 Å². The van der Waals surface area contributed by atoms with E-state index in [-0.39, 0.29) is 37.8 Å². The molecule has 0 aliphatic rings. The highest BCUT2D eigenvalue weighted by molar-refractivity contribution is 6.11. The summed E-state index contributed by atoms with van der Waals surface area (Å²) in [6.07, 6.45) is 1.48. The Kier molecular flexibility index (Phi) is 9.36. The van der Waals surface area contributed by atoms with Crippen molar-refractivity contribution in [3.05, 3.63) is 107 Å². The van der Waals surface area contributed by atoms with Gasteiger partial charge < -0.3 is 15.4 Å². The molecule has 41 heavy (non-hydrogen) atoms. The van der Waals surface area contributed by atoms with Gasteiger partial charge in [-0.25, -0.2) is 0 Å². The maximum Gasteiger partial charge on any atom is 0.325 e. The summed E-state index contributed by atoms with van der Waals surface area (Å²) in [5.74, 6) is -1.93. The van der Waals surface area contributed by atoms with Crippen LogP contribution < -0.4 is 15.5 Å². The van der Waals surface area contributed by atoms with Crippen molar-refractivity contribution in [1.82, 2.24) is 15.6 Å². The summed E-state index contributed by atoms with van der Waals surface area (Å²) in [6, 6.07) is 24.2. The molecule has 10 heteroatoms. The van der Waals surface area contributed by atoms with Crippen LogP contribution in [0.1, 0.15) is 38.9 Å². The second-order valence-corrected chi connectivity index (χ2v) is 8.89. The van der Waals surface area contributed by atoms with Gasteiger partial charge in [0.1, 0.15) is 18.8 Å². The van der Waals surface area contributed by atoms with E-state index >= 15 is 0 Å². The highest BCUT2D eigenvalue weighted by Gasteiger charge is 2.23. The zero-order valence-electron chi connectivity index (χ0n) is 22.3. The largest absolute Gasteiger partial charge is 0.465 e. The molecule has 0 spiro atoms. The lowest BCUT2D eigenvalue weighted by Gasteiger charge is -2.22. The third-order valence-corrected chi connectivity index (χ3v) is 6.12. The molecule has 4 rings (SSSR count). The first kappa shape index (κ1) is 28.4. The van der Waals surface area contributed by atoms with Crippen LogP contribution in [0, 0.1) is 11.3 Å². The zero-order chi connectivity index (χ0) is 29.2. The fourth-order valence-electron chi connectivity index (χ4n) is 4.10. The standard InChI is InChI=1S/C31H27N5O5/c1-2-41-29(38)19-34-28(37)20-36(31(40)27-8-3-4-15-33-27)24-13-14-25-23(16-24)6-5-7-26(25)30(39)35-18-22-11-9-21(17-32)10-12-22/h3-16H,2,18-20H2,1H3,(H,34,37)(H,35,39). The first-order valence-corrected chi connectivity index (χ1v) is 12.8. The number of hydrogen-bond donors (Lipinski definition) is 2. The van der Waals surface area contributed by atoms with E-state index < -0.39 is 17.8 Å². The molecule has 0 unspecified atom stereocenters. The van der Waals surface area contributed by atoms with Crippen LogP contribution in [0.3, 0.4) is 0 Å². The zero-order valence-corrected chi connectivity index (χ0v) is 22.3. The van der Waals surface area contributed by atoms with Crippen LogP contribution in [0.2, 0.25) is 0 Å². The summed E-state index contributed by atoms with van der Waals surface area (Å²) in [6.45, 7) is 1.44. The van der Waals surface area contributed by atoms with Crippen LogP contribution in [-0.2, 0) is 20.9 Å². The Hall–Kier alpha value is -5.56. The van der Waals surface area contributed by atoms with Gasteiger partial charge in [0.25, 0.3) is 11.8 Å². The van der Waals surface area contributed by atoms with Crippen molar-refractivity contribution >= 4 is 40.2 Å². The minimum absolute atomic E-state index is 0.140. The molecule has 0 saturated carbocycles. The molecular formula is C31H27N5O5. The number of anilines is 1. The molecule has 10 nitrogen and oxygen atoms in total. The normalized spacial score (nSPS) is 10.3. The maximum absolute atomic E-state index is 13.4. The molecule has 1 heterocycles. The second-order valence-electron chi connectivity index (χ2n) is 8.89. The van der Waals surface area contributed by atoms with Gasteiger partial charge in [0, 0.05) is 24.0 Å². The van der Waals surface area contributed by atoms with Gasteiger partial charge in [-0.15, -0.1) is 0 Å². The van der Waals surface area contributed by atoms with Gasteiger partial charge in [0.05, 0.1) is 18.2 Å². The smallest absolute Gasteiger partial charge is 0.325 e. The van der Waals surface area contributed by atoms with Gasteiger partial charge in [-0.05, 0) is 65.7 Å². The number of esters is 1. The molecule has 3 aromatic carbocycles. The van der Waals surface area contributed by atoms with Crippen LogP contribution >= 0.6 is 0 Å². The average Bonchev–Trinajstić information content (AvgIpc) is 3.01. The molecule has 0 aliphatic heterocycles. The number of rotatable bonds is 10. The van der Waals surface area contributed by atoms with Crippen LogP contribution in [0.4, 0.5) is 5.69 Å². The third-order valence-electron chi connectivity index (χ3n) is 6.12. The number of nitrogens with one attached hydrogen (secondary N) is 2. The van der Waals surface area contributed by atoms with Crippen molar-refractivity contribution in [1.29, 1.82) is 5.26 Å². The van der Waals surface area contributed by atoms with Crippen LogP contribution in [0.25, 0.3) is 10.8 Å². The van der Waals surface area contributed by atoms with E-state index in [1.165, 1.54) is 11.1 Å². The third kappa shape index (κ3) is 7.30. The fraction of sp³-hybridized carbons (Fsp3) is 0.161. The lowest BCUT2D eigenvalue weighted by molar-refractivity contribution is -0.143. The van der Waals surface area contributed by atoms with Gasteiger partial charge in [-0.1, -0.05) is 36.4 Å². The van der Waals surface area contributed by atoms with Gasteiger partial charge in [0.15, 0.2) is 0 Å². The highest BCUT2D eigenvalue weighted by Crippen LogP contribution is 2.26. The summed E-state index contributed by atoms with van der Waals surface area (Å²) in [5.41, 5.74) is 2.38. The number of amides is 3. The molecule has 1 aromatic heterocycles. The monoisotopic (exact) mass is 549 g/mol. The number of fused-ring (bicyclic) bond motifs is 1. The molecule has 3 amide bonds. The first-order valence-electron chi connectivity index (χ1n) is 12.8. The number of carbonyl (C=O) groups is 4. The SMILES string of the molecule is CCOC(=O)CNC(=O)CN(C(=O)c1ccccn1)c1ccc2c(C(=O)NCc3ccc(C#N)cc3)cccc2c1. The van der Waals surface area contributed by atoms with Gasteiger partial charge in [-0.3, -0.25) is 29.1 Å². The van der Waals surface area contributed by atoms with Crippen molar-refractivity contribution in [3.63, 3.8) is 0 Å². The Labute approximate surface area is 236 Å². The van der Waals surface area contributed by atoms with Crippen LogP contribution in [-0.4, -0.2) is 48.4 Å². The van der Waals surface area contributed by atoms with E-state index in [4.69, 9.17) is 10.00 Å². The minimum Gasteiger partial charge on any atom is -0.465 e. The summed E-state index contributed by atoms with van der Waals surface area (Å²) in [5, 5.41) is 15.7. The van der Waals surface area contributed by atoms with Crippen LogP contribution in [0.15, 0.2) is 85.1 Å². The summed E-state index contributed by atoms with van der Waals surface area (Å²) >= 11 is 0. The van der Waals surface area contributed by atoms with E-state index in [0.717, 1.165) is 5.56 Å². The van der Waals surface area contributed by atoms with Gasteiger partial charge >= 0.3 is 5.97 Å². The number of benzene rings is 3. The molecule has 0 atom stereocenters.